The van der Waals surface area contributed by atoms with Gasteiger partial charge in [0.15, 0.2) is 0 Å². The van der Waals surface area contributed by atoms with Gasteiger partial charge in [0.2, 0.25) is 27.7 Å². The van der Waals surface area contributed by atoms with Gasteiger partial charge in [0.05, 0.1) is 29.9 Å². The fourth-order valence-corrected chi connectivity index (χ4v) is 9.55. The van der Waals surface area contributed by atoms with Crippen LogP contribution < -0.4 is 19.5 Å². The molecule has 2 N–H and O–H groups in total. The summed E-state index contributed by atoms with van der Waals surface area (Å²) in [5.74, 6) is -1.87. The standard InChI is InChI=1S/C37H45N5O7S2/c1-21(2)31-20-50-34(39-31)30-16-22-15-24(48-4)10-13-27(22)33(38-30)49-25-17-28-29(18-25)35(44)42(3)14-8-6-5-7-9-23-19-37(23,40-32(28)43)36(45)41-51(46,47)26-11-12-26/h7,9-10,13,15-16,20-21,23,25-26,28-29H,5-6,8,11-12,14,17-19H2,1-4H3,(H,40,43)(H,41,45)/b9-7+. The number of rotatable bonds is 8. The minimum Gasteiger partial charge on any atom is -0.497 e. The zero-order chi connectivity index (χ0) is 36.1. The van der Waals surface area contributed by atoms with Crippen molar-refractivity contribution in [2.45, 2.75) is 88.0 Å². The minimum absolute atomic E-state index is 0.156. The van der Waals surface area contributed by atoms with Crippen LogP contribution >= 0.6 is 11.3 Å². The number of thiazole rings is 1. The van der Waals surface area contributed by atoms with E-state index < -0.39 is 50.6 Å². The van der Waals surface area contributed by atoms with Gasteiger partial charge in [-0.05, 0) is 86.9 Å². The highest BCUT2D eigenvalue weighted by Crippen LogP contribution is 2.47. The summed E-state index contributed by atoms with van der Waals surface area (Å²) in [6.45, 7) is 4.73. The molecule has 0 saturated heterocycles. The molecule has 12 nitrogen and oxygen atoms in total. The highest BCUT2D eigenvalue weighted by Gasteiger charge is 2.62. The number of nitrogens with zero attached hydrogens (tertiary/aromatic N) is 3. The number of benzene rings is 1. The van der Waals surface area contributed by atoms with Crippen molar-refractivity contribution in [2.75, 3.05) is 20.7 Å². The smallest absolute Gasteiger partial charge is 0.259 e. The molecular formula is C37H45N5O7S2. The Morgan fingerprint density at radius 3 is 2.63 bits per heavy atom. The van der Waals surface area contributed by atoms with Crippen molar-refractivity contribution in [3.63, 3.8) is 0 Å². The maximum Gasteiger partial charge on any atom is 0.259 e. The number of aromatic nitrogens is 2. The Hall–Kier alpha value is -4.04. The first-order valence-electron chi connectivity index (χ1n) is 17.8. The third-order valence-corrected chi connectivity index (χ3v) is 13.3. The average molecular weight is 736 g/mol. The van der Waals surface area contributed by atoms with Crippen LogP contribution in [0.25, 0.3) is 21.5 Å². The van der Waals surface area contributed by atoms with Gasteiger partial charge in [0.25, 0.3) is 5.91 Å². The molecule has 0 bridgehead atoms. The van der Waals surface area contributed by atoms with E-state index >= 15 is 0 Å². The first kappa shape index (κ1) is 35.4. The average Bonchev–Trinajstić information content (AvgIpc) is 3.98. The van der Waals surface area contributed by atoms with Crippen molar-refractivity contribution < 1.29 is 32.3 Å². The van der Waals surface area contributed by atoms with Crippen LogP contribution in [-0.4, -0.2) is 78.6 Å². The quantitative estimate of drug-likeness (QED) is 0.306. The number of sulfonamides is 1. The number of carbonyl (C=O) groups excluding carboxylic acids is 3. The predicted molar refractivity (Wildman–Crippen MR) is 194 cm³/mol. The maximum absolute atomic E-state index is 14.2. The lowest BCUT2D eigenvalue weighted by molar-refractivity contribution is -0.140. The molecule has 3 aromatic rings. The van der Waals surface area contributed by atoms with E-state index in [1.54, 1.807) is 19.1 Å². The number of hydrogen-bond acceptors (Lipinski definition) is 10. The minimum atomic E-state index is -3.83. The summed E-state index contributed by atoms with van der Waals surface area (Å²) in [6, 6.07) is 7.60. The molecule has 2 aromatic heterocycles. The molecule has 1 aromatic carbocycles. The van der Waals surface area contributed by atoms with Crippen LogP contribution in [0.4, 0.5) is 0 Å². The fraction of sp³-hybridized carbons (Fsp3) is 0.541. The molecule has 5 unspecified atom stereocenters. The Bertz CT molecular complexity index is 1990. The van der Waals surface area contributed by atoms with Crippen LogP contribution in [0.1, 0.15) is 76.8 Å². The number of allylic oxidation sites excluding steroid dienone is 1. The second kappa shape index (κ2) is 13.8. The van der Waals surface area contributed by atoms with E-state index in [1.807, 2.05) is 41.8 Å². The number of carbonyl (C=O) groups is 3. The van der Waals surface area contributed by atoms with Gasteiger partial charge in [-0.15, -0.1) is 11.3 Å². The van der Waals surface area contributed by atoms with Gasteiger partial charge in [0.1, 0.15) is 28.1 Å². The first-order valence-corrected chi connectivity index (χ1v) is 20.2. The molecule has 3 saturated carbocycles. The number of methoxy groups -OCH3 is 1. The van der Waals surface area contributed by atoms with Gasteiger partial charge in [-0.1, -0.05) is 26.0 Å². The van der Waals surface area contributed by atoms with E-state index in [2.05, 4.69) is 23.9 Å². The summed E-state index contributed by atoms with van der Waals surface area (Å²) < 4.78 is 39.9. The molecule has 5 atom stereocenters. The molecule has 3 aliphatic carbocycles. The van der Waals surface area contributed by atoms with Crippen LogP contribution in [-0.2, 0) is 24.4 Å². The van der Waals surface area contributed by atoms with Crippen LogP contribution in [0.2, 0.25) is 0 Å². The third-order valence-electron chi connectivity index (χ3n) is 10.6. The predicted octanol–water partition coefficient (Wildman–Crippen LogP) is 4.95. The van der Waals surface area contributed by atoms with Gasteiger partial charge in [-0.3, -0.25) is 19.1 Å². The van der Waals surface area contributed by atoms with Crippen LogP contribution in [0, 0.1) is 17.8 Å². The van der Waals surface area contributed by atoms with Crippen molar-refractivity contribution >= 4 is 49.9 Å². The maximum atomic E-state index is 14.2. The number of ether oxygens (including phenoxy) is 2. The number of hydrogen-bond donors (Lipinski definition) is 2. The van der Waals surface area contributed by atoms with Crippen molar-refractivity contribution in [1.29, 1.82) is 0 Å². The van der Waals surface area contributed by atoms with Crippen molar-refractivity contribution in [1.82, 2.24) is 24.9 Å². The Balaban J connectivity index is 1.19. The van der Waals surface area contributed by atoms with Crippen molar-refractivity contribution in [2.24, 2.45) is 17.8 Å². The van der Waals surface area contributed by atoms with E-state index in [0.29, 0.717) is 36.7 Å². The van der Waals surface area contributed by atoms with Gasteiger partial charge >= 0.3 is 0 Å². The zero-order valence-electron chi connectivity index (χ0n) is 29.4. The van der Waals surface area contributed by atoms with Crippen molar-refractivity contribution in [3.05, 3.63) is 47.5 Å². The van der Waals surface area contributed by atoms with Gasteiger partial charge < -0.3 is 19.7 Å². The molecule has 0 spiro atoms. The van der Waals surface area contributed by atoms with Crippen molar-refractivity contribution in [3.8, 4) is 22.3 Å². The van der Waals surface area contributed by atoms with E-state index in [9.17, 15) is 22.8 Å². The van der Waals surface area contributed by atoms with Gasteiger partial charge in [-0.25, -0.2) is 18.4 Å². The number of nitrogens with one attached hydrogen (secondary N) is 2. The summed E-state index contributed by atoms with van der Waals surface area (Å²) in [4.78, 5) is 53.2. The molecule has 51 heavy (non-hydrogen) atoms. The topological polar surface area (TPSA) is 157 Å². The zero-order valence-corrected chi connectivity index (χ0v) is 31.0. The summed E-state index contributed by atoms with van der Waals surface area (Å²) in [5.41, 5.74) is 0.224. The number of pyridine rings is 1. The monoisotopic (exact) mass is 735 g/mol. The molecule has 272 valence electrons. The van der Waals surface area contributed by atoms with Gasteiger partial charge in [0, 0.05) is 30.3 Å². The summed E-state index contributed by atoms with van der Waals surface area (Å²) >= 11 is 1.51. The summed E-state index contributed by atoms with van der Waals surface area (Å²) in [5, 5.41) is 6.76. The molecule has 1 aliphatic heterocycles. The Morgan fingerprint density at radius 2 is 1.90 bits per heavy atom. The second-order valence-electron chi connectivity index (χ2n) is 14.7. The molecule has 4 aliphatic rings. The molecule has 14 heteroatoms. The lowest BCUT2D eigenvalue weighted by Crippen LogP contribution is -2.54. The molecule has 3 fully saturated rings. The second-order valence-corrected chi connectivity index (χ2v) is 17.5. The highest BCUT2D eigenvalue weighted by molar-refractivity contribution is 7.91. The SMILES string of the molecule is COc1ccc2c(OC3CC4C(=O)NC5(C(=O)NS(=O)(=O)C6CC6)CC5/C=C/CCCCN(C)C(=O)C4C3)nc(-c3nc(C(C)C)cs3)cc2c1. The van der Waals surface area contributed by atoms with E-state index in [4.69, 9.17) is 19.4 Å². The summed E-state index contributed by atoms with van der Waals surface area (Å²) in [7, 11) is -0.459. The van der Waals surface area contributed by atoms with Crippen LogP contribution in [0.5, 0.6) is 11.6 Å². The largest absolute Gasteiger partial charge is 0.497 e. The van der Waals surface area contributed by atoms with E-state index in [-0.39, 0.29) is 37.0 Å². The highest BCUT2D eigenvalue weighted by atomic mass is 32.2. The first-order chi connectivity index (χ1) is 24.4. The van der Waals surface area contributed by atoms with Gasteiger partial charge in [-0.2, -0.15) is 0 Å². The third kappa shape index (κ3) is 7.21. The molecular weight excluding hydrogens is 691 g/mol. The lowest BCUT2D eigenvalue weighted by Gasteiger charge is -2.26. The molecule has 0 radical (unpaired) electrons. The molecule has 3 heterocycles. The Kier molecular flexibility index (Phi) is 9.59. The van der Waals surface area contributed by atoms with Crippen LogP contribution in [0.15, 0.2) is 41.8 Å². The van der Waals surface area contributed by atoms with E-state index in [1.165, 1.54) is 11.3 Å². The number of fused-ring (bicyclic) bond motifs is 3. The number of amides is 3. The summed E-state index contributed by atoms with van der Waals surface area (Å²) in [6.07, 6.45) is 7.53. The van der Waals surface area contributed by atoms with Crippen LogP contribution in [0.3, 0.4) is 0 Å². The Morgan fingerprint density at radius 1 is 1.12 bits per heavy atom. The van der Waals surface area contributed by atoms with E-state index in [0.717, 1.165) is 40.7 Å². The molecule has 7 rings (SSSR count). The normalized spacial score (nSPS) is 27.7. The molecule has 3 amide bonds. The lowest BCUT2D eigenvalue weighted by atomic mass is 9.93. The fourth-order valence-electron chi connectivity index (χ4n) is 7.25. The Labute approximate surface area is 302 Å².